The van der Waals surface area contributed by atoms with Crippen LogP contribution in [-0.2, 0) is 17.7 Å². The van der Waals surface area contributed by atoms with Gasteiger partial charge in [-0.2, -0.15) is 0 Å². The van der Waals surface area contributed by atoms with Crippen molar-refractivity contribution in [2.45, 2.75) is 56.8 Å². The monoisotopic (exact) mass is 343 g/mol. The van der Waals surface area contributed by atoms with Crippen LogP contribution in [0.2, 0.25) is 0 Å². The van der Waals surface area contributed by atoms with E-state index in [0.717, 1.165) is 49.1 Å². The van der Waals surface area contributed by atoms with Gasteiger partial charge in [-0.15, -0.1) is 0 Å². The first-order valence-electron chi connectivity index (χ1n) is 9.45. The molecule has 2 unspecified atom stereocenters. The number of ether oxygens (including phenoxy) is 1. The summed E-state index contributed by atoms with van der Waals surface area (Å²) in [5, 5.41) is 8.77. The Morgan fingerprint density at radius 1 is 1.36 bits per heavy atom. The third kappa shape index (κ3) is 2.76. The number of aromatic nitrogens is 1. The Bertz CT molecular complexity index is 670. The van der Waals surface area contributed by atoms with Crippen molar-refractivity contribution in [3.63, 3.8) is 0 Å². The molecule has 1 amide bonds. The van der Waals surface area contributed by atoms with Gasteiger partial charge in [0.2, 0.25) is 0 Å². The normalized spacial score (nSPS) is 36.3. The van der Waals surface area contributed by atoms with Crippen molar-refractivity contribution in [3.05, 3.63) is 29.1 Å². The van der Waals surface area contributed by atoms with Gasteiger partial charge in [0.25, 0.3) is 5.91 Å². The van der Waals surface area contributed by atoms with Gasteiger partial charge < -0.3 is 4.74 Å². The number of hydroxylamine groups is 1. The van der Waals surface area contributed by atoms with Gasteiger partial charge in [-0.05, 0) is 62.0 Å². The van der Waals surface area contributed by atoms with Crippen LogP contribution in [0.4, 0.5) is 0 Å². The average Bonchev–Trinajstić information content (AvgIpc) is 2.59. The van der Waals surface area contributed by atoms with E-state index in [1.54, 1.807) is 11.7 Å². The van der Waals surface area contributed by atoms with Gasteiger partial charge in [0.15, 0.2) is 0 Å². The topological polar surface area (TPSA) is 74.7 Å². The van der Waals surface area contributed by atoms with Crippen molar-refractivity contribution in [2.24, 2.45) is 11.8 Å². The second kappa shape index (κ2) is 5.76. The second-order valence-corrected chi connectivity index (χ2v) is 8.50. The van der Waals surface area contributed by atoms with E-state index in [1.807, 2.05) is 6.07 Å². The van der Waals surface area contributed by atoms with Crippen molar-refractivity contribution in [3.8, 4) is 0 Å². The number of amides is 1. The number of nitrogens with zero attached hydrogens (tertiary/aromatic N) is 2. The van der Waals surface area contributed by atoms with E-state index in [1.165, 1.54) is 32.1 Å². The SMILES string of the molecule is O=C(NO)c1cnc2c(c1)CCN(CC13CC4CC(CC(C4)O1)C3)C2. The first kappa shape index (κ1) is 15.7. The zero-order valence-corrected chi connectivity index (χ0v) is 14.4. The Balaban J connectivity index is 1.31. The number of carbonyl (C=O) groups is 1. The molecule has 6 nitrogen and oxygen atoms in total. The number of hydrogen-bond donors (Lipinski definition) is 2. The molecule has 4 heterocycles. The van der Waals surface area contributed by atoms with E-state index in [4.69, 9.17) is 9.94 Å². The first-order chi connectivity index (χ1) is 12.1. The highest BCUT2D eigenvalue weighted by Crippen LogP contribution is 2.53. The van der Waals surface area contributed by atoms with Crippen LogP contribution < -0.4 is 5.48 Å². The molecule has 4 fully saturated rings. The molecule has 2 aliphatic carbocycles. The predicted molar refractivity (Wildman–Crippen MR) is 90.1 cm³/mol. The summed E-state index contributed by atoms with van der Waals surface area (Å²) < 4.78 is 6.52. The van der Waals surface area contributed by atoms with E-state index < -0.39 is 5.91 Å². The fraction of sp³-hybridized carbons (Fsp3) is 0.684. The number of carbonyl (C=O) groups excluding carboxylic acids is 1. The van der Waals surface area contributed by atoms with Crippen LogP contribution in [0, 0.1) is 11.8 Å². The summed E-state index contributed by atoms with van der Waals surface area (Å²) >= 11 is 0. The molecule has 2 atom stereocenters. The number of hydrogen-bond acceptors (Lipinski definition) is 5. The molecule has 6 rings (SSSR count). The zero-order chi connectivity index (χ0) is 17.0. The number of nitrogens with one attached hydrogen (secondary N) is 1. The lowest BCUT2D eigenvalue weighted by Crippen LogP contribution is -2.59. The van der Waals surface area contributed by atoms with Crippen LogP contribution in [0.1, 0.15) is 53.7 Å². The lowest BCUT2D eigenvalue weighted by Gasteiger charge is -2.57. The first-order valence-corrected chi connectivity index (χ1v) is 9.45. The molecule has 3 aliphatic heterocycles. The van der Waals surface area contributed by atoms with Crippen molar-refractivity contribution in [1.29, 1.82) is 0 Å². The fourth-order valence-electron chi connectivity index (χ4n) is 5.88. The van der Waals surface area contributed by atoms with E-state index in [-0.39, 0.29) is 5.60 Å². The lowest BCUT2D eigenvalue weighted by molar-refractivity contribution is -0.226. The molecule has 2 N–H and O–H groups in total. The molecule has 0 aromatic carbocycles. The van der Waals surface area contributed by atoms with Crippen LogP contribution in [0.25, 0.3) is 0 Å². The van der Waals surface area contributed by atoms with Gasteiger partial charge in [0.1, 0.15) is 0 Å². The van der Waals surface area contributed by atoms with Crippen molar-refractivity contribution >= 4 is 5.91 Å². The summed E-state index contributed by atoms with van der Waals surface area (Å²) in [7, 11) is 0. The van der Waals surface area contributed by atoms with Crippen LogP contribution >= 0.6 is 0 Å². The molecular formula is C19H25N3O3. The molecule has 2 saturated carbocycles. The summed E-state index contributed by atoms with van der Waals surface area (Å²) in [6.07, 6.45) is 9.37. The third-order valence-corrected chi connectivity index (χ3v) is 6.60. The Morgan fingerprint density at radius 3 is 2.88 bits per heavy atom. The van der Waals surface area contributed by atoms with Gasteiger partial charge in [-0.25, -0.2) is 5.48 Å². The van der Waals surface area contributed by atoms with Gasteiger partial charge >= 0.3 is 0 Å². The molecule has 4 bridgehead atoms. The van der Waals surface area contributed by atoms with E-state index in [2.05, 4.69) is 9.88 Å². The summed E-state index contributed by atoms with van der Waals surface area (Å²) in [6, 6.07) is 1.85. The van der Waals surface area contributed by atoms with Crippen molar-refractivity contribution in [1.82, 2.24) is 15.4 Å². The Kier molecular flexibility index (Phi) is 3.62. The van der Waals surface area contributed by atoms with Crippen LogP contribution in [0.3, 0.4) is 0 Å². The minimum absolute atomic E-state index is 0.0724. The Morgan fingerprint density at radius 2 is 2.16 bits per heavy atom. The summed E-state index contributed by atoms with van der Waals surface area (Å²) in [5.41, 5.74) is 4.33. The standard InChI is InChI=1S/C19H25N3O3/c23-18(21-24)15-6-14-1-2-22(10-17(14)20-9-15)11-19-7-12-3-13(8-19)5-16(4-12)25-19/h6,9,12-13,16,24H,1-5,7-8,10-11H2,(H,21,23). The van der Waals surface area contributed by atoms with Crippen LogP contribution in [-0.4, -0.2) is 45.8 Å². The van der Waals surface area contributed by atoms with E-state index >= 15 is 0 Å². The van der Waals surface area contributed by atoms with Gasteiger partial charge in [-0.3, -0.25) is 19.9 Å². The number of fused-ring (bicyclic) bond motifs is 1. The summed E-state index contributed by atoms with van der Waals surface area (Å²) in [6.45, 7) is 2.81. The molecule has 1 aromatic rings. The Labute approximate surface area is 147 Å². The van der Waals surface area contributed by atoms with E-state index in [9.17, 15) is 4.79 Å². The number of rotatable bonds is 3. The molecule has 6 heteroatoms. The maximum atomic E-state index is 11.6. The highest BCUT2D eigenvalue weighted by Gasteiger charge is 2.52. The smallest absolute Gasteiger partial charge is 0.276 e. The number of pyridine rings is 1. The molecule has 5 aliphatic rings. The lowest BCUT2D eigenvalue weighted by atomic mass is 9.62. The minimum Gasteiger partial charge on any atom is -0.370 e. The van der Waals surface area contributed by atoms with E-state index in [0.29, 0.717) is 11.7 Å². The molecule has 2 saturated heterocycles. The third-order valence-electron chi connectivity index (χ3n) is 6.60. The second-order valence-electron chi connectivity index (χ2n) is 8.50. The van der Waals surface area contributed by atoms with Gasteiger partial charge in [0, 0.05) is 25.8 Å². The molecular weight excluding hydrogens is 318 g/mol. The zero-order valence-electron chi connectivity index (χ0n) is 14.4. The highest BCUT2D eigenvalue weighted by molar-refractivity contribution is 5.93. The molecule has 134 valence electrons. The molecule has 0 spiro atoms. The molecule has 1 aromatic heterocycles. The molecule has 0 radical (unpaired) electrons. The van der Waals surface area contributed by atoms with Gasteiger partial charge in [0.05, 0.1) is 23.0 Å². The predicted octanol–water partition coefficient (Wildman–Crippen LogP) is 1.91. The van der Waals surface area contributed by atoms with Gasteiger partial charge in [-0.1, -0.05) is 0 Å². The van der Waals surface area contributed by atoms with Crippen LogP contribution in [0.5, 0.6) is 0 Å². The summed E-state index contributed by atoms with van der Waals surface area (Å²) in [4.78, 5) is 18.5. The molecule has 25 heavy (non-hydrogen) atoms. The maximum Gasteiger partial charge on any atom is 0.276 e. The minimum atomic E-state index is -0.500. The van der Waals surface area contributed by atoms with Crippen LogP contribution in [0.15, 0.2) is 12.3 Å². The Hall–Kier alpha value is -1.50. The quantitative estimate of drug-likeness (QED) is 0.648. The maximum absolute atomic E-state index is 11.6. The van der Waals surface area contributed by atoms with Crippen molar-refractivity contribution < 1.29 is 14.7 Å². The highest BCUT2D eigenvalue weighted by atomic mass is 16.5. The fourth-order valence-corrected chi connectivity index (χ4v) is 5.88. The average molecular weight is 343 g/mol. The largest absolute Gasteiger partial charge is 0.370 e. The van der Waals surface area contributed by atoms with Crippen molar-refractivity contribution in [2.75, 3.05) is 13.1 Å². The summed E-state index contributed by atoms with van der Waals surface area (Å²) in [5.74, 6) is 1.25.